The van der Waals surface area contributed by atoms with E-state index in [0.717, 1.165) is 29.8 Å². The second-order valence-corrected chi connectivity index (χ2v) is 4.85. The average Bonchev–Trinajstić information content (AvgIpc) is 2.57. The van der Waals surface area contributed by atoms with Crippen LogP contribution in [-0.4, -0.2) is 22.6 Å². The number of aryl methyl sites for hydroxylation is 1. The van der Waals surface area contributed by atoms with Gasteiger partial charge in [-0.05, 0) is 32.3 Å². The summed E-state index contributed by atoms with van der Waals surface area (Å²) >= 11 is 0. The molecule has 1 aromatic heterocycles. The quantitative estimate of drug-likeness (QED) is 0.820. The summed E-state index contributed by atoms with van der Waals surface area (Å²) in [6.45, 7) is 8.03. The van der Waals surface area contributed by atoms with E-state index in [1.165, 1.54) is 6.42 Å². The van der Waals surface area contributed by atoms with Crippen LogP contribution in [0.2, 0.25) is 0 Å². The van der Waals surface area contributed by atoms with Crippen molar-refractivity contribution in [2.75, 3.05) is 11.4 Å². The molecule has 1 saturated heterocycles. The fraction of sp³-hybridized carbons (Fsp3) is 0.667. The molecule has 4 heteroatoms. The Balaban J connectivity index is 2.29. The smallest absolute Gasteiger partial charge is 0.226 e. The van der Waals surface area contributed by atoms with E-state index in [0.29, 0.717) is 12.6 Å². The van der Waals surface area contributed by atoms with Crippen molar-refractivity contribution in [3.8, 4) is 0 Å². The zero-order valence-electron chi connectivity index (χ0n) is 10.3. The Hall–Kier alpha value is -1.16. The van der Waals surface area contributed by atoms with Crippen LogP contribution in [0.15, 0.2) is 6.07 Å². The summed E-state index contributed by atoms with van der Waals surface area (Å²) in [7, 11) is 0. The number of nitrogens with zero attached hydrogens (tertiary/aromatic N) is 3. The van der Waals surface area contributed by atoms with Gasteiger partial charge >= 0.3 is 0 Å². The highest BCUT2D eigenvalue weighted by Gasteiger charge is 2.28. The van der Waals surface area contributed by atoms with Gasteiger partial charge in [-0.3, -0.25) is 0 Å². The third-order valence-electron chi connectivity index (χ3n) is 3.15. The fourth-order valence-corrected chi connectivity index (χ4v) is 2.43. The molecule has 0 aliphatic carbocycles. The van der Waals surface area contributed by atoms with Gasteiger partial charge in [0.05, 0.1) is 5.69 Å². The third kappa shape index (κ3) is 2.16. The Morgan fingerprint density at radius 2 is 2.19 bits per heavy atom. The van der Waals surface area contributed by atoms with Gasteiger partial charge in [-0.25, -0.2) is 9.97 Å². The van der Waals surface area contributed by atoms with Gasteiger partial charge in [0.15, 0.2) is 0 Å². The number of rotatable bonds is 2. The highest BCUT2D eigenvalue weighted by molar-refractivity contribution is 5.35. The van der Waals surface area contributed by atoms with Crippen LogP contribution in [0.1, 0.15) is 31.7 Å². The molecule has 2 unspecified atom stereocenters. The standard InChI is InChI=1S/C12H20N4/c1-8-4-10(3)16(7-8)12-14-9(2)5-11(6-13)15-12/h5,8,10H,4,6-7,13H2,1-3H3. The first-order valence-electron chi connectivity index (χ1n) is 5.91. The molecule has 2 heterocycles. The highest BCUT2D eigenvalue weighted by Crippen LogP contribution is 2.26. The summed E-state index contributed by atoms with van der Waals surface area (Å²) < 4.78 is 0. The van der Waals surface area contributed by atoms with E-state index in [2.05, 4.69) is 28.7 Å². The van der Waals surface area contributed by atoms with Crippen molar-refractivity contribution in [3.63, 3.8) is 0 Å². The summed E-state index contributed by atoms with van der Waals surface area (Å²) in [5.41, 5.74) is 7.56. The SMILES string of the molecule is Cc1cc(CN)nc(N2CC(C)CC2C)n1. The van der Waals surface area contributed by atoms with E-state index in [9.17, 15) is 0 Å². The van der Waals surface area contributed by atoms with Crippen molar-refractivity contribution in [2.24, 2.45) is 11.7 Å². The van der Waals surface area contributed by atoms with E-state index in [1.807, 2.05) is 13.0 Å². The van der Waals surface area contributed by atoms with Gasteiger partial charge in [0.25, 0.3) is 0 Å². The predicted molar refractivity (Wildman–Crippen MR) is 65.2 cm³/mol. The molecule has 0 aromatic carbocycles. The molecule has 4 nitrogen and oxygen atoms in total. The number of nitrogens with two attached hydrogens (primary N) is 1. The number of hydrogen-bond donors (Lipinski definition) is 1. The molecule has 1 fully saturated rings. The van der Waals surface area contributed by atoms with Gasteiger partial charge in [-0.1, -0.05) is 6.92 Å². The van der Waals surface area contributed by atoms with Crippen molar-refractivity contribution in [1.29, 1.82) is 0 Å². The second kappa shape index (κ2) is 4.37. The molecular formula is C12H20N4. The first kappa shape index (κ1) is 11.3. The van der Waals surface area contributed by atoms with Crippen LogP contribution in [0.4, 0.5) is 5.95 Å². The molecule has 16 heavy (non-hydrogen) atoms. The van der Waals surface area contributed by atoms with Gasteiger partial charge < -0.3 is 10.6 Å². The highest BCUT2D eigenvalue weighted by atomic mass is 15.3. The van der Waals surface area contributed by atoms with Crippen LogP contribution in [0.25, 0.3) is 0 Å². The summed E-state index contributed by atoms with van der Waals surface area (Å²) in [5, 5.41) is 0. The molecule has 2 atom stereocenters. The minimum atomic E-state index is 0.480. The van der Waals surface area contributed by atoms with Gasteiger partial charge in [-0.15, -0.1) is 0 Å². The summed E-state index contributed by atoms with van der Waals surface area (Å²) in [6, 6.07) is 2.48. The molecule has 0 bridgehead atoms. The van der Waals surface area contributed by atoms with Gasteiger partial charge in [-0.2, -0.15) is 0 Å². The lowest BCUT2D eigenvalue weighted by atomic mass is 10.1. The summed E-state index contributed by atoms with van der Waals surface area (Å²) in [4.78, 5) is 11.3. The molecule has 2 N–H and O–H groups in total. The van der Waals surface area contributed by atoms with Crippen LogP contribution in [0.5, 0.6) is 0 Å². The maximum Gasteiger partial charge on any atom is 0.226 e. The van der Waals surface area contributed by atoms with Crippen LogP contribution in [-0.2, 0) is 6.54 Å². The van der Waals surface area contributed by atoms with Gasteiger partial charge in [0, 0.05) is 24.8 Å². The normalized spacial score (nSPS) is 25.1. The maximum absolute atomic E-state index is 5.64. The molecular weight excluding hydrogens is 200 g/mol. The number of anilines is 1. The van der Waals surface area contributed by atoms with Gasteiger partial charge in [0.2, 0.25) is 5.95 Å². The van der Waals surface area contributed by atoms with E-state index >= 15 is 0 Å². The Bertz CT molecular complexity index is 377. The molecule has 0 saturated carbocycles. The average molecular weight is 220 g/mol. The molecule has 1 aromatic rings. The van der Waals surface area contributed by atoms with E-state index < -0.39 is 0 Å². The number of aromatic nitrogens is 2. The van der Waals surface area contributed by atoms with Crippen molar-refractivity contribution in [2.45, 2.75) is 39.8 Å². The largest absolute Gasteiger partial charge is 0.338 e. The monoisotopic (exact) mass is 220 g/mol. The Labute approximate surface area is 96.9 Å². The zero-order valence-corrected chi connectivity index (χ0v) is 10.3. The Kier molecular flexibility index (Phi) is 3.10. The fourth-order valence-electron chi connectivity index (χ4n) is 2.43. The predicted octanol–water partition coefficient (Wildman–Crippen LogP) is 1.48. The topological polar surface area (TPSA) is 55.0 Å². The van der Waals surface area contributed by atoms with Gasteiger partial charge in [0.1, 0.15) is 0 Å². The lowest BCUT2D eigenvalue weighted by molar-refractivity contribution is 0.624. The molecule has 0 spiro atoms. The molecule has 1 aliphatic heterocycles. The number of hydrogen-bond acceptors (Lipinski definition) is 4. The molecule has 88 valence electrons. The summed E-state index contributed by atoms with van der Waals surface area (Å²) in [5.74, 6) is 1.57. The second-order valence-electron chi connectivity index (χ2n) is 4.85. The minimum Gasteiger partial charge on any atom is -0.338 e. The van der Waals surface area contributed by atoms with Crippen molar-refractivity contribution >= 4 is 5.95 Å². The zero-order chi connectivity index (χ0) is 11.7. The Morgan fingerprint density at radius 3 is 2.75 bits per heavy atom. The van der Waals surface area contributed by atoms with Crippen LogP contribution < -0.4 is 10.6 Å². The Morgan fingerprint density at radius 1 is 1.44 bits per heavy atom. The molecule has 0 amide bonds. The van der Waals surface area contributed by atoms with E-state index in [-0.39, 0.29) is 0 Å². The van der Waals surface area contributed by atoms with Crippen LogP contribution >= 0.6 is 0 Å². The van der Waals surface area contributed by atoms with E-state index in [1.54, 1.807) is 0 Å². The first-order valence-corrected chi connectivity index (χ1v) is 5.91. The van der Waals surface area contributed by atoms with Crippen molar-refractivity contribution < 1.29 is 0 Å². The first-order chi connectivity index (χ1) is 7.60. The molecule has 2 rings (SSSR count). The lowest BCUT2D eigenvalue weighted by Gasteiger charge is -2.22. The van der Waals surface area contributed by atoms with Crippen LogP contribution in [0, 0.1) is 12.8 Å². The molecule has 0 radical (unpaired) electrons. The summed E-state index contributed by atoms with van der Waals surface area (Å²) in [6.07, 6.45) is 1.22. The third-order valence-corrected chi connectivity index (χ3v) is 3.15. The van der Waals surface area contributed by atoms with Crippen LogP contribution in [0.3, 0.4) is 0 Å². The maximum atomic E-state index is 5.64. The van der Waals surface area contributed by atoms with Crippen molar-refractivity contribution in [1.82, 2.24) is 9.97 Å². The van der Waals surface area contributed by atoms with E-state index in [4.69, 9.17) is 5.73 Å². The molecule has 1 aliphatic rings. The minimum absolute atomic E-state index is 0.480. The lowest BCUT2D eigenvalue weighted by Crippen LogP contribution is -2.29. The van der Waals surface area contributed by atoms with Crippen molar-refractivity contribution in [3.05, 3.63) is 17.5 Å².